The second-order valence-corrected chi connectivity index (χ2v) is 8.06. The molecular formula is C22H23N7O. The molecule has 152 valence electrons. The third-order valence-corrected chi connectivity index (χ3v) is 6.37. The number of rotatable bonds is 4. The Bertz CT molecular complexity index is 1060. The van der Waals surface area contributed by atoms with Gasteiger partial charge in [0.2, 0.25) is 0 Å². The molecule has 1 saturated heterocycles. The Morgan fingerprint density at radius 3 is 2.77 bits per heavy atom. The van der Waals surface area contributed by atoms with Crippen LogP contribution in [0.1, 0.15) is 24.6 Å². The molecular weight excluding hydrogens is 378 g/mol. The lowest BCUT2D eigenvalue weighted by molar-refractivity contribution is -0.00541. The van der Waals surface area contributed by atoms with Gasteiger partial charge in [-0.3, -0.25) is 4.98 Å². The van der Waals surface area contributed by atoms with E-state index in [0.717, 1.165) is 43.0 Å². The van der Waals surface area contributed by atoms with E-state index in [1.807, 2.05) is 35.1 Å². The van der Waals surface area contributed by atoms with E-state index in [4.69, 9.17) is 10.00 Å². The highest BCUT2D eigenvalue weighted by molar-refractivity contribution is 5.55. The molecule has 4 atom stereocenters. The number of hydrogen-bond donors (Lipinski definition) is 0. The molecule has 1 aliphatic heterocycles. The van der Waals surface area contributed by atoms with Gasteiger partial charge in [0.15, 0.2) is 0 Å². The van der Waals surface area contributed by atoms with E-state index in [2.05, 4.69) is 31.2 Å². The number of methoxy groups -OCH3 is 1. The highest BCUT2D eigenvalue weighted by Crippen LogP contribution is 2.43. The molecule has 0 unspecified atom stereocenters. The van der Waals surface area contributed by atoms with Crippen molar-refractivity contribution in [2.75, 3.05) is 25.1 Å². The van der Waals surface area contributed by atoms with E-state index in [-0.39, 0.29) is 12.1 Å². The third kappa shape index (κ3) is 3.42. The van der Waals surface area contributed by atoms with Gasteiger partial charge in [0.1, 0.15) is 23.3 Å². The Labute approximate surface area is 175 Å². The van der Waals surface area contributed by atoms with Crippen molar-refractivity contribution in [3.63, 3.8) is 0 Å². The Kier molecular flexibility index (Phi) is 4.89. The van der Waals surface area contributed by atoms with Crippen molar-refractivity contribution in [1.29, 1.82) is 5.26 Å². The fourth-order valence-corrected chi connectivity index (χ4v) is 4.86. The number of nitriles is 1. The van der Waals surface area contributed by atoms with Crippen LogP contribution in [-0.4, -0.2) is 51.3 Å². The Balaban J connectivity index is 1.35. The molecule has 3 aromatic heterocycles. The van der Waals surface area contributed by atoms with Gasteiger partial charge in [0.05, 0.1) is 18.3 Å². The van der Waals surface area contributed by atoms with Crippen LogP contribution in [0.4, 0.5) is 5.82 Å². The van der Waals surface area contributed by atoms with Crippen molar-refractivity contribution in [1.82, 2.24) is 25.0 Å². The maximum atomic E-state index is 9.16. The molecule has 0 radical (unpaired) electrons. The van der Waals surface area contributed by atoms with Crippen LogP contribution in [0.15, 0.2) is 48.9 Å². The molecule has 0 spiro atoms. The predicted molar refractivity (Wildman–Crippen MR) is 110 cm³/mol. The third-order valence-electron chi connectivity index (χ3n) is 6.37. The summed E-state index contributed by atoms with van der Waals surface area (Å²) in [5, 5.41) is 17.9. The van der Waals surface area contributed by atoms with Gasteiger partial charge in [-0.1, -0.05) is 11.3 Å². The number of fused-ring (bicyclic) bond motifs is 1. The van der Waals surface area contributed by atoms with Gasteiger partial charge in [-0.05, 0) is 48.9 Å². The van der Waals surface area contributed by atoms with E-state index in [1.165, 1.54) is 0 Å². The number of aromatic nitrogens is 5. The van der Waals surface area contributed by atoms with Crippen LogP contribution < -0.4 is 4.90 Å². The first kappa shape index (κ1) is 18.7. The molecule has 8 heteroatoms. The summed E-state index contributed by atoms with van der Waals surface area (Å²) in [6.45, 7) is 1.88. The Morgan fingerprint density at radius 2 is 2.00 bits per heavy atom. The smallest absolute Gasteiger partial charge is 0.142 e. The standard InChI is InChI=1S/C22H23N7O/c1-30-21-9-17-13-28(22-6-2-5-18(10-23)25-22)12-16(17)8-20(21)29-14-19(26-27-29)15-4-3-7-24-11-15/h2-7,11,14,16-17,20-21H,8-9,12-13H2,1H3/t16-,17+,20-,21-/m1/s1. The molecule has 30 heavy (non-hydrogen) atoms. The molecule has 1 aliphatic carbocycles. The Hall–Kier alpha value is -3.31. The van der Waals surface area contributed by atoms with E-state index in [0.29, 0.717) is 17.5 Å². The first-order valence-electron chi connectivity index (χ1n) is 10.2. The van der Waals surface area contributed by atoms with Crippen LogP contribution in [0.2, 0.25) is 0 Å². The molecule has 2 aliphatic rings. The summed E-state index contributed by atoms with van der Waals surface area (Å²) in [6.07, 6.45) is 7.60. The second-order valence-electron chi connectivity index (χ2n) is 8.06. The maximum absolute atomic E-state index is 9.16. The van der Waals surface area contributed by atoms with Crippen LogP contribution in [0.25, 0.3) is 11.3 Å². The Morgan fingerprint density at radius 1 is 1.13 bits per heavy atom. The lowest BCUT2D eigenvalue weighted by Crippen LogP contribution is -2.37. The lowest BCUT2D eigenvalue weighted by Gasteiger charge is -2.36. The van der Waals surface area contributed by atoms with Crippen LogP contribution in [-0.2, 0) is 4.74 Å². The summed E-state index contributed by atoms with van der Waals surface area (Å²) in [4.78, 5) is 11.0. The van der Waals surface area contributed by atoms with E-state index < -0.39 is 0 Å². The summed E-state index contributed by atoms with van der Waals surface area (Å²) < 4.78 is 7.84. The minimum atomic E-state index is 0.0908. The monoisotopic (exact) mass is 401 g/mol. The zero-order chi connectivity index (χ0) is 20.5. The molecule has 1 saturated carbocycles. The number of anilines is 1. The highest BCUT2D eigenvalue weighted by Gasteiger charge is 2.43. The first-order chi connectivity index (χ1) is 14.7. The molecule has 0 aromatic carbocycles. The molecule has 2 fully saturated rings. The van der Waals surface area contributed by atoms with Crippen molar-refractivity contribution in [3.05, 3.63) is 54.6 Å². The van der Waals surface area contributed by atoms with Gasteiger partial charge in [0, 0.05) is 38.2 Å². The average molecular weight is 401 g/mol. The van der Waals surface area contributed by atoms with Crippen LogP contribution in [0, 0.1) is 23.2 Å². The second kappa shape index (κ2) is 7.84. The molecule has 0 N–H and O–H groups in total. The molecule has 0 amide bonds. The molecule has 5 rings (SSSR count). The van der Waals surface area contributed by atoms with Gasteiger partial charge in [-0.2, -0.15) is 5.26 Å². The molecule has 8 nitrogen and oxygen atoms in total. The van der Waals surface area contributed by atoms with Crippen LogP contribution >= 0.6 is 0 Å². The fourth-order valence-electron chi connectivity index (χ4n) is 4.86. The van der Waals surface area contributed by atoms with E-state index in [9.17, 15) is 0 Å². The summed E-state index contributed by atoms with van der Waals surface area (Å²) in [5.74, 6) is 1.95. The molecule has 0 bridgehead atoms. The van der Waals surface area contributed by atoms with Gasteiger partial charge < -0.3 is 9.64 Å². The highest BCUT2D eigenvalue weighted by atomic mass is 16.5. The van der Waals surface area contributed by atoms with Crippen molar-refractivity contribution < 1.29 is 4.74 Å². The van der Waals surface area contributed by atoms with Gasteiger partial charge in [-0.25, -0.2) is 9.67 Å². The SMILES string of the molecule is CO[C@@H]1C[C@H]2CN(c3cccc(C#N)n3)C[C@H]2C[C@H]1n1cc(-c2cccnc2)nn1. The average Bonchev–Trinajstić information content (AvgIpc) is 3.46. The van der Waals surface area contributed by atoms with E-state index in [1.54, 1.807) is 25.6 Å². The van der Waals surface area contributed by atoms with Gasteiger partial charge >= 0.3 is 0 Å². The summed E-state index contributed by atoms with van der Waals surface area (Å²) in [6, 6.07) is 11.8. The summed E-state index contributed by atoms with van der Waals surface area (Å²) in [7, 11) is 1.78. The quantitative estimate of drug-likeness (QED) is 0.663. The van der Waals surface area contributed by atoms with Gasteiger partial charge in [0.25, 0.3) is 0 Å². The normalized spacial score (nSPS) is 25.7. The summed E-state index contributed by atoms with van der Waals surface area (Å²) in [5.41, 5.74) is 2.24. The number of ether oxygens (including phenoxy) is 1. The van der Waals surface area contributed by atoms with Crippen molar-refractivity contribution in [3.8, 4) is 17.3 Å². The number of nitrogens with zero attached hydrogens (tertiary/aromatic N) is 7. The topological polar surface area (TPSA) is 92.8 Å². The summed E-state index contributed by atoms with van der Waals surface area (Å²) >= 11 is 0. The van der Waals surface area contributed by atoms with Crippen molar-refractivity contribution in [2.45, 2.75) is 25.0 Å². The molecule has 3 aromatic rings. The largest absolute Gasteiger partial charge is 0.379 e. The van der Waals surface area contributed by atoms with Crippen LogP contribution in [0.5, 0.6) is 0 Å². The minimum absolute atomic E-state index is 0.0908. The van der Waals surface area contributed by atoms with Crippen molar-refractivity contribution >= 4 is 5.82 Å². The predicted octanol–water partition coefficient (Wildman–Crippen LogP) is 2.71. The number of pyridine rings is 2. The van der Waals surface area contributed by atoms with Crippen molar-refractivity contribution in [2.24, 2.45) is 11.8 Å². The van der Waals surface area contributed by atoms with E-state index >= 15 is 0 Å². The first-order valence-corrected chi connectivity index (χ1v) is 10.2. The lowest BCUT2D eigenvalue weighted by atomic mass is 9.77. The molecule has 4 heterocycles. The fraction of sp³-hybridized carbons (Fsp3) is 0.409. The zero-order valence-corrected chi connectivity index (χ0v) is 16.8. The zero-order valence-electron chi connectivity index (χ0n) is 16.8. The van der Waals surface area contributed by atoms with Crippen LogP contribution in [0.3, 0.4) is 0 Å². The maximum Gasteiger partial charge on any atom is 0.142 e. The number of hydrogen-bond acceptors (Lipinski definition) is 7. The minimum Gasteiger partial charge on any atom is -0.379 e. The van der Waals surface area contributed by atoms with Gasteiger partial charge in [-0.15, -0.1) is 5.10 Å².